The topological polar surface area (TPSA) is 49.4 Å². The number of rotatable bonds is 5. The molecule has 0 saturated heterocycles. The molecule has 2 rings (SSSR count). The first-order valence-corrected chi connectivity index (χ1v) is 8.70. The standard InChI is InChI=1S/C16H20N2O2S2/c1-10(9-17-15(19)13-7-5-11(2)21-13)18(4)16(20)14-8-6-12(3)22-14/h5-8,10H,9H2,1-4H3,(H,17,19). The average molecular weight is 336 g/mol. The lowest BCUT2D eigenvalue weighted by molar-refractivity contribution is 0.0736. The minimum atomic E-state index is -0.0854. The molecule has 1 N–H and O–H groups in total. The quantitative estimate of drug-likeness (QED) is 0.910. The summed E-state index contributed by atoms with van der Waals surface area (Å²) in [6.45, 7) is 6.31. The highest BCUT2D eigenvalue weighted by atomic mass is 32.1. The molecule has 2 aromatic heterocycles. The van der Waals surface area contributed by atoms with E-state index in [0.29, 0.717) is 11.4 Å². The lowest BCUT2D eigenvalue weighted by atomic mass is 10.2. The van der Waals surface area contributed by atoms with Crippen molar-refractivity contribution in [1.82, 2.24) is 10.2 Å². The molecule has 2 aromatic rings. The summed E-state index contributed by atoms with van der Waals surface area (Å²) >= 11 is 2.96. The number of carbonyl (C=O) groups excluding carboxylic acids is 2. The molecule has 0 bridgehead atoms. The summed E-state index contributed by atoms with van der Waals surface area (Å²) < 4.78 is 0. The van der Waals surface area contributed by atoms with E-state index in [1.165, 1.54) is 22.7 Å². The van der Waals surface area contributed by atoms with Gasteiger partial charge in [0.2, 0.25) is 0 Å². The molecule has 0 saturated carbocycles. The summed E-state index contributed by atoms with van der Waals surface area (Å²) in [5.41, 5.74) is 0. The minimum absolute atomic E-state index is 0.00758. The number of amides is 2. The van der Waals surface area contributed by atoms with Crippen molar-refractivity contribution < 1.29 is 9.59 Å². The number of hydrogen-bond acceptors (Lipinski definition) is 4. The lowest BCUT2D eigenvalue weighted by Crippen LogP contribution is -2.42. The summed E-state index contributed by atoms with van der Waals surface area (Å²) in [5, 5.41) is 2.89. The van der Waals surface area contributed by atoms with Gasteiger partial charge in [0.25, 0.3) is 11.8 Å². The zero-order chi connectivity index (χ0) is 16.3. The summed E-state index contributed by atoms with van der Waals surface area (Å²) in [5.74, 6) is -0.0930. The third-order valence-electron chi connectivity index (χ3n) is 3.45. The van der Waals surface area contributed by atoms with Crippen LogP contribution < -0.4 is 5.32 Å². The van der Waals surface area contributed by atoms with Gasteiger partial charge in [-0.05, 0) is 45.0 Å². The van der Waals surface area contributed by atoms with E-state index < -0.39 is 0 Å². The maximum absolute atomic E-state index is 12.3. The molecule has 0 fully saturated rings. The second kappa shape index (κ2) is 7.07. The fourth-order valence-electron chi connectivity index (χ4n) is 1.94. The number of thiophene rings is 2. The third-order valence-corrected chi connectivity index (χ3v) is 5.44. The molecule has 0 aromatic carbocycles. The molecule has 6 heteroatoms. The van der Waals surface area contributed by atoms with Crippen LogP contribution in [0.3, 0.4) is 0 Å². The van der Waals surface area contributed by atoms with Gasteiger partial charge in [-0.25, -0.2) is 0 Å². The molecular formula is C16H20N2O2S2. The molecule has 22 heavy (non-hydrogen) atoms. The molecule has 0 aliphatic rings. The predicted molar refractivity (Wildman–Crippen MR) is 92.0 cm³/mol. The van der Waals surface area contributed by atoms with Crippen molar-refractivity contribution in [3.8, 4) is 0 Å². The van der Waals surface area contributed by atoms with E-state index in [0.717, 1.165) is 14.6 Å². The van der Waals surface area contributed by atoms with Gasteiger partial charge in [0.05, 0.1) is 9.75 Å². The van der Waals surface area contributed by atoms with Gasteiger partial charge in [-0.1, -0.05) is 0 Å². The van der Waals surface area contributed by atoms with Gasteiger partial charge in [-0.2, -0.15) is 0 Å². The molecule has 2 amide bonds. The molecule has 0 aliphatic heterocycles. The van der Waals surface area contributed by atoms with Crippen LogP contribution in [0.1, 0.15) is 36.0 Å². The average Bonchev–Trinajstić information content (AvgIpc) is 3.11. The Morgan fingerprint density at radius 1 is 1.09 bits per heavy atom. The van der Waals surface area contributed by atoms with Crippen LogP contribution in [0.5, 0.6) is 0 Å². The number of likely N-dealkylation sites (N-methyl/N-ethyl adjacent to an activating group) is 1. The van der Waals surface area contributed by atoms with E-state index in [4.69, 9.17) is 0 Å². The maximum Gasteiger partial charge on any atom is 0.263 e. The van der Waals surface area contributed by atoms with Gasteiger partial charge in [-0.15, -0.1) is 22.7 Å². The Morgan fingerprint density at radius 2 is 1.64 bits per heavy atom. The number of nitrogens with zero attached hydrogens (tertiary/aromatic N) is 1. The maximum atomic E-state index is 12.3. The van der Waals surface area contributed by atoms with E-state index >= 15 is 0 Å². The monoisotopic (exact) mass is 336 g/mol. The van der Waals surface area contributed by atoms with E-state index in [1.54, 1.807) is 11.9 Å². The zero-order valence-corrected chi connectivity index (χ0v) is 14.8. The number of aryl methyl sites for hydroxylation is 2. The highest BCUT2D eigenvalue weighted by molar-refractivity contribution is 7.14. The molecule has 1 atom stereocenters. The summed E-state index contributed by atoms with van der Waals surface area (Å²) in [7, 11) is 1.77. The van der Waals surface area contributed by atoms with Crippen LogP contribution in [0.15, 0.2) is 24.3 Å². The fraction of sp³-hybridized carbons (Fsp3) is 0.375. The molecule has 0 radical (unpaired) electrons. The summed E-state index contributed by atoms with van der Waals surface area (Å²) in [4.78, 5) is 29.7. The summed E-state index contributed by atoms with van der Waals surface area (Å²) in [6.07, 6.45) is 0. The SMILES string of the molecule is Cc1ccc(C(=O)NCC(C)N(C)C(=O)c2ccc(C)s2)s1. The van der Waals surface area contributed by atoms with Crippen molar-refractivity contribution in [2.45, 2.75) is 26.8 Å². The van der Waals surface area contributed by atoms with Crippen LogP contribution in [0, 0.1) is 13.8 Å². The van der Waals surface area contributed by atoms with Gasteiger partial charge in [0.15, 0.2) is 0 Å². The van der Waals surface area contributed by atoms with E-state index in [2.05, 4.69) is 5.32 Å². The highest BCUT2D eigenvalue weighted by Gasteiger charge is 2.19. The lowest BCUT2D eigenvalue weighted by Gasteiger charge is -2.24. The fourth-order valence-corrected chi connectivity index (χ4v) is 3.58. The minimum Gasteiger partial charge on any atom is -0.349 e. The van der Waals surface area contributed by atoms with Crippen LogP contribution >= 0.6 is 22.7 Å². The van der Waals surface area contributed by atoms with Crippen LogP contribution in [0.25, 0.3) is 0 Å². The first-order chi connectivity index (χ1) is 10.4. The first kappa shape index (κ1) is 16.7. The van der Waals surface area contributed by atoms with Crippen molar-refractivity contribution >= 4 is 34.5 Å². The number of nitrogens with one attached hydrogen (secondary N) is 1. The van der Waals surface area contributed by atoms with Crippen LogP contribution in [-0.4, -0.2) is 36.3 Å². The normalized spacial score (nSPS) is 12.0. The van der Waals surface area contributed by atoms with Gasteiger partial charge in [0, 0.05) is 29.4 Å². The first-order valence-electron chi connectivity index (χ1n) is 7.06. The second-order valence-corrected chi connectivity index (χ2v) is 7.87. The Morgan fingerprint density at radius 3 is 2.14 bits per heavy atom. The summed E-state index contributed by atoms with van der Waals surface area (Å²) in [6, 6.07) is 7.47. The predicted octanol–water partition coefficient (Wildman–Crippen LogP) is 3.32. The molecule has 0 spiro atoms. The van der Waals surface area contributed by atoms with Gasteiger partial charge < -0.3 is 10.2 Å². The van der Waals surface area contributed by atoms with Crippen molar-refractivity contribution in [3.05, 3.63) is 43.8 Å². The Balaban J connectivity index is 1.90. The van der Waals surface area contributed by atoms with Gasteiger partial charge in [0.1, 0.15) is 0 Å². The Labute approximate surface area is 138 Å². The molecule has 2 heterocycles. The Hall–Kier alpha value is -1.66. The smallest absolute Gasteiger partial charge is 0.263 e. The third kappa shape index (κ3) is 3.96. The molecule has 0 aliphatic carbocycles. The molecular weight excluding hydrogens is 316 g/mol. The molecule has 4 nitrogen and oxygen atoms in total. The van der Waals surface area contributed by atoms with Crippen molar-refractivity contribution in [1.29, 1.82) is 0 Å². The Kier molecular flexibility index (Phi) is 5.37. The number of carbonyl (C=O) groups is 2. The highest BCUT2D eigenvalue weighted by Crippen LogP contribution is 2.18. The van der Waals surface area contributed by atoms with Crippen molar-refractivity contribution in [3.63, 3.8) is 0 Å². The largest absolute Gasteiger partial charge is 0.349 e. The van der Waals surface area contributed by atoms with Crippen molar-refractivity contribution in [2.24, 2.45) is 0 Å². The van der Waals surface area contributed by atoms with Crippen LogP contribution in [-0.2, 0) is 0 Å². The van der Waals surface area contributed by atoms with E-state index in [-0.39, 0.29) is 17.9 Å². The Bertz CT molecular complexity index is 675. The van der Waals surface area contributed by atoms with Gasteiger partial charge in [-0.3, -0.25) is 9.59 Å². The van der Waals surface area contributed by atoms with E-state index in [9.17, 15) is 9.59 Å². The van der Waals surface area contributed by atoms with Crippen LogP contribution in [0.4, 0.5) is 0 Å². The zero-order valence-electron chi connectivity index (χ0n) is 13.2. The van der Waals surface area contributed by atoms with Crippen LogP contribution in [0.2, 0.25) is 0 Å². The molecule has 1 unspecified atom stereocenters. The molecule has 118 valence electrons. The van der Waals surface area contributed by atoms with E-state index in [1.807, 2.05) is 45.0 Å². The second-order valence-electron chi connectivity index (χ2n) is 5.30. The number of hydrogen-bond donors (Lipinski definition) is 1. The van der Waals surface area contributed by atoms with Gasteiger partial charge >= 0.3 is 0 Å². The van der Waals surface area contributed by atoms with Crippen molar-refractivity contribution in [2.75, 3.05) is 13.6 Å².